The predicted octanol–water partition coefficient (Wildman–Crippen LogP) is 3.53. The normalized spacial score (nSPS) is 11.7. The summed E-state index contributed by atoms with van der Waals surface area (Å²) in [5, 5.41) is 12.7. The Morgan fingerprint density at radius 3 is 2.57 bits per heavy atom. The topological polar surface area (TPSA) is 85.6 Å². The second-order valence-corrected chi connectivity index (χ2v) is 6.61. The number of hydrogen-bond donors (Lipinski definition) is 1. The Balaban J connectivity index is 2.17. The minimum atomic E-state index is -4.77. The van der Waals surface area contributed by atoms with Gasteiger partial charge >= 0.3 is 6.18 Å². The molecule has 11 heteroatoms. The molecule has 0 aliphatic heterocycles. The van der Waals surface area contributed by atoms with Gasteiger partial charge in [0.2, 0.25) is 0 Å². The molecule has 3 aromatic rings. The maximum Gasteiger partial charge on any atom is 0.453 e. The first kappa shape index (κ1) is 19.7. The number of nitrogens with one attached hydrogen (secondary N) is 1. The lowest BCUT2D eigenvalue weighted by Gasteiger charge is -2.13. The van der Waals surface area contributed by atoms with E-state index in [2.05, 4.69) is 25.8 Å². The van der Waals surface area contributed by atoms with Crippen molar-refractivity contribution in [3.63, 3.8) is 0 Å². The maximum absolute atomic E-state index is 13.2. The molecule has 0 unspecified atom stereocenters. The van der Waals surface area contributed by atoms with Gasteiger partial charge in [-0.3, -0.25) is 9.78 Å². The number of nitrogens with zero attached hydrogens (tertiary/aromatic N) is 5. The van der Waals surface area contributed by atoms with E-state index in [1.807, 2.05) is 0 Å². The molecule has 1 aromatic carbocycles. The Hall–Kier alpha value is -3.01. The molecule has 7 nitrogen and oxygen atoms in total. The molecule has 0 fully saturated rings. The first-order chi connectivity index (χ1) is 13.1. The average Bonchev–Trinajstić information content (AvgIpc) is 3.11. The van der Waals surface area contributed by atoms with E-state index in [4.69, 9.17) is 11.6 Å². The number of aromatic nitrogens is 5. The zero-order valence-corrected chi connectivity index (χ0v) is 15.5. The van der Waals surface area contributed by atoms with Crippen molar-refractivity contribution in [2.45, 2.75) is 26.1 Å². The molecular formula is C17H14ClF3N6O. The zero-order valence-electron chi connectivity index (χ0n) is 14.7. The molecule has 0 saturated heterocycles. The minimum Gasteiger partial charge on any atom is -0.350 e. The number of pyridine rings is 1. The number of carbonyl (C=O) groups is 1. The van der Waals surface area contributed by atoms with Crippen LogP contribution in [0.25, 0.3) is 16.9 Å². The lowest BCUT2D eigenvalue weighted by Crippen LogP contribution is -2.30. The van der Waals surface area contributed by atoms with Crippen LogP contribution in [0.2, 0.25) is 5.02 Å². The molecule has 28 heavy (non-hydrogen) atoms. The highest BCUT2D eigenvalue weighted by molar-refractivity contribution is 6.30. The Bertz CT molecular complexity index is 1000. The molecule has 1 amide bonds. The number of benzene rings is 1. The van der Waals surface area contributed by atoms with Crippen LogP contribution in [0.5, 0.6) is 0 Å². The van der Waals surface area contributed by atoms with Crippen molar-refractivity contribution in [1.82, 2.24) is 30.5 Å². The number of amides is 1. The fourth-order valence-electron chi connectivity index (χ4n) is 2.44. The van der Waals surface area contributed by atoms with Crippen LogP contribution in [0.3, 0.4) is 0 Å². The molecule has 0 aliphatic rings. The van der Waals surface area contributed by atoms with Crippen molar-refractivity contribution in [1.29, 1.82) is 0 Å². The van der Waals surface area contributed by atoms with Crippen LogP contribution in [0.1, 0.15) is 30.0 Å². The smallest absolute Gasteiger partial charge is 0.350 e. The number of alkyl halides is 3. The van der Waals surface area contributed by atoms with Gasteiger partial charge in [-0.05, 0) is 54.6 Å². The highest BCUT2D eigenvalue weighted by Crippen LogP contribution is 2.30. The molecule has 146 valence electrons. The van der Waals surface area contributed by atoms with Crippen LogP contribution in [0.15, 0.2) is 36.5 Å². The van der Waals surface area contributed by atoms with E-state index >= 15 is 0 Å². The largest absolute Gasteiger partial charge is 0.453 e. The summed E-state index contributed by atoms with van der Waals surface area (Å²) in [6.07, 6.45) is -3.37. The van der Waals surface area contributed by atoms with E-state index < -0.39 is 17.9 Å². The lowest BCUT2D eigenvalue weighted by molar-refractivity contribution is -0.146. The van der Waals surface area contributed by atoms with Gasteiger partial charge in [0.25, 0.3) is 11.7 Å². The van der Waals surface area contributed by atoms with E-state index in [9.17, 15) is 18.0 Å². The quantitative estimate of drug-likeness (QED) is 0.711. The van der Waals surface area contributed by atoms with E-state index in [1.165, 1.54) is 24.4 Å². The van der Waals surface area contributed by atoms with Crippen molar-refractivity contribution in [3.05, 3.63) is 52.9 Å². The third kappa shape index (κ3) is 4.28. The summed E-state index contributed by atoms with van der Waals surface area (Å²) in [4.78, 5) is 16.6. The summed E-state index contributed by atoms with van der Waals surface area (Å²) in [6.45, 7) is 3.54. The molecule has 2 aromatic heterocycles. The number of carbonyl (C=O) groups excluding carboxylic acids is 1. The minimum absolute atomic E-state index is 0.0273. The third-order valence-corrected chi connectivity index (χ3v) is 3.81. The Morgan fingerprint density at radius 1 is 1.21 bits per heavy atom. The Labute approximate surface area is 162 Å². The van der Waals surface area contributed by atoms with Crippen LogP contribution in [-0.2, 0) is 6.18 Å². The van der Waals surface area contributed by atoms with Crippen molar-refractivity contribution in [2.75, 3.05) is 0 Å². The average molecular weight is 411 g/mol. The summed E-state index contributed by atoms with van der Waals surface area (Å²) < 4.78 is 40.1. The SMILES string of the molecule is CC(C)NC(=O)c1cc(-c2ccc(Cl)cn2)cc(-n2nnnc2C(F)(F)F)c1. The number of halogens is 4. The van der Waals surface area contributed by atoms with E-state index in [0.29, 0.717) is 21.0 Å². The van der Waals surface area contributed by atoms with Gasteiger partial charge < -0.3 is 5.32 Å². The molecule has 0 spiro atoms. The maximum atomic E-state index is 13.2. The Kier molecular flexibility index (Phi) is 5.32. The van der Waals surface area contributed by atoms with Gasteiger partial charge in [-0.15, -0.1) is 5.10 Å². The van der Waals surface area contributed by atoms with Gasteiger partial charge in [0, 0.05) is 23.4 Å². The predicted molar refractivity (Wildman–Crippen MR) is 95.0 cm³/mol. The molecule has 0 radical (unpaired) electrons. The van der Waals surface area contributed by atoms with Crippen LogP contribution in [0.4, 0.5) is 13.2 Å². The Morgan fingerprint density at radius 2 is 1.96 bits per heavy atom. The van der Waals surface area contributed by atoms with Gasteiger partial charge in [-0.1, -0.05) is 11.6 Å². The summed E-state index contributed by atoms with van der Waals surface area (Å²) in [6, 6.07) is 7.23. The fourth-order valence-corrected chi connectivity index (χ4v) is 2.55. The number of hydrogen-bond acceptors (Lipinski definition) is 5. The second-order valence-electron chi connectivity index (χ2n) is 6.17. The molecular weight excluding hydrogens is 397 g/mol. The highest BCUT2D eigenvalue weighted by Gasteiger charge is 2.38. The van der Waals surface area contributed by atoms with Gasteiger partial charge in [0.15, 0.2) is 0 Å². The van der Waals surface area contributed by atoms with Crippen molar-refractivity contribution >= 4 is 17.5 Å². The first-order valence-corrected chi connectivity index (χ1v) is 8.47. The standard InChI is InChI=1S/C17H14ClF3N6O/c1-9(2)23-15(28)11-5-10(14-4-3-12(18)8-22-14)6-13(7-11)27-16(17(19,20)21)24-25-26-27/h3-9H,1-2H3,(H,23,28). The van der Waals surface area contributed by atoms with E-state index in [-0.39, 0.29) is 17.3 Å². The molecule has 0 aliphatic carbocycles. The zero-order chi connectivity index (χ0) is 20.5. The summed E-state index contributed by atoms with van der Waals surface area (Å²) in [5.41, 5.74) is 0.945. The lowest BCUT2D eigenvalue weighted by atomic mass is 10.0. The highest BCUT2D eigenvalue weighted by atomic mass is 35.5. The monoisotopic (exact) mass is 410 g/mol. The molecule has 1 N–H and O–H groups in total. The van der Waals surface area contributed by atoms with Crippen LogP contribution in [0, 0.1) is 0 Å². The van der Waals surface area contributed by atoms with Gasteiger partial charge in [0.05, 0.1) is 16.4 Å². The summed E-state index contributed by atoms with van der Waals surface area (Å²) in [5.74, 6) is -1.75. The van der Waals surface area contributed by atoms with Crippen LogP contribution >= 0.6 is 11.6 Å². The second kappa shape index (κ2) is 7.55. The molecule has 0 bridgehead atoms. The fraction of sp³-hybridized carbons (Fsp3) is 0.235. The van der Waals surface area contributed by atoms with Crippen LogP contribution in [-0.4, -0.2) is 37.1 Å². The number of rotatable bonds is 4. The van der Waals surface area contributed by atoms with E-state index in [1.54, 1.807) is 26.0 Å². The molecule has 2 heterocycles. The molecule has 3 rings (SSSR count). The molecule has 0 atom stereocenters. The van der Waals surface area contributed by atoms with Crippen molar-refractivity contribution in [2.24, 2.45) is 0 Å². The van der Waals surface area contributed by atoms with Gasteiger partial charge in [-0.25, -0.2) is 0 Å². The van der Waals surface area contributed by atoms with Crippen LogP contribution < -0.4 is 5.32 Å². The van der Waals surface area contributed by atoms with E-state index in [0.717, 1.165) is 0 Å². The van der Waals surface area contributed by atoms with Gasteiger partial charge in [-0.2, -0.15) is 17.9 Å². The third-order valence-electron chi connectivity index (χ3n) is 3.59. The summed E-state index contributed by atoms with van der Waals surface area (Å²) in [7, 11) is 0. The summed E-state index contributed by atoms with van der Waals surface area (Å²) >= 11 is 5.84. The first-order valence-electron chi connectivity index (χ1n) is 8.09. The van der Waals surface area contributed by atoms with Crippen molar-refractivity contribution < 1.29 is 18.0 Å². The van der Waals surface area contributed by atoms with Crippen molar-refractivity contribution in [3.8, 4) is 16.9 Å². The van der Waals surface area contributed by atoms with Gasteiger partial charge in [0.1, 0.15) is 0 Å². The molecule has 0 saturated carbocycles. The number of tetrazole rings is 1.